The Bertz CT molecular complexity index is 540. The first-order valence-electron chi connectivity index (χ1n) is 8.20. The monoisotopic (exact) mass is 322 g/mol. The summed E-state index contributed by atoms with van der Waals surface area (Å²) in [6, 6.07) is 6.30. The fourth-order valence-electron chi connectivity index (χ4n) is 3.22. The Kier molecular flexibility index (Phi) is 5.25. The molecule has 2 aliphatic rings. The molecule has 2 aliphatic heterocycles. The zero-order valence-electron chi connectivity index (χ0n) is 13.2. The number of rotatable bonds is 4. The number of benzene rings is 1. The highest BCUT2D eigenvalue weighted by Crippen LogP contribution is 2.20. The molecule has 2 atom stereocenters. The first-order valence-corrected chi connectivity index (χ1v) is 8.20. The van der Waals surface area contributed by atoms with Crippen LogP contribution in [0.2, 0.25) is 0 Å². The maximum Gasteiger partial charge on any atom is 0.251 e. The highest BCUT2D eigenvalue weighted by molar-refractivity contribution is 5.81. The predicted octanol–water partition coefficient (Wildman–Crippen LogP) is 1.18. The Hall–Kier alpha value is -1.50. The third kappa shape index (κ3) is 3.88. The largest absolute Gasteiger partial charge is 0.387 e. The number of β-amino-alcohol motifs (C(OH)–C–C–N with tert-alkyl or cyclic N) is 1. The molecule has 0 spiro atoms. The summed E-state index contributed by atoms with van der Waals surface area (Å²) in [4.78, 5) is 16.2. The maximum atomic E-state index is 13.7. The molecule has 0 bridgehead atoms. The Morgan fingerprint density at radius 2 is 2.04 bits per heavy atom. The molecule has 1 amide bonds. The van der Waals surface area contributed by atoms with Crippen LogP contribution < -0.4 is 0 Å². The van der Waals surface area contributed by atoms with E-state index in [1.165, 1.54) is 6.07 Å². The minimum absolute atomic E-state index is 0.0804. The molecule has 2 fully saturated rings. The average Bonchev–Trinajstić information content (AvgIpc) is 3.09. The lowest BCUT2D eigenvalue weighted by molar-refractivity contribution is -0.142. The lowest BCUT2D eigenvalue weighted by Crippen LogP contribution is -2.52. The third-order valence-corrected chi connectivity index (χ3v) is 4.58. The Balaban J connectivity index is 1.49. The van der Waals surface area contributed by atoms with E-state index in [0.29, 0.717) is 44.9 Å². The number of hydrogen-bond acceptors (Lipinski definition) is 4. The van der Waals surface area contributed by atoms with Crippen molar-refractivity contribution in [1.29, 1.82) is 0 Å². The van der Waals surface area contributed by atoms with Crippen LogP contribution in [-0.2, 0) is 9.53 Å². The van der Waals surface area contributed by atoms with Crippen molar-refractivity contribution in [2.75, 3.05) is 39.3 Å². The van der Waals surface area contributed by atoms with E-state index in [9.17, 15) is 14.3 Å². The molecule has 0 unspecified atom stereocenters. The van der Waals surface area contributed by atoms with E-state index in [2.05, 4.69) is 4.90 Å². The second kappa shape index (κ2) is 7.38. The SMILES string of the molecule is O=C([C@H]1CCCO1)N1CCN(C[C@@H](O)c2ccccc2F)CC1. The van der Waals surface area contributed by atoms with Crippen molar-refractivity contribution in [3.63, 3.8) is 0 Å². The molecule has 1 aromatic carbocycles. The number of ether oxygens (including phenoxy) is 1. The topological polar surface area (TPSA) is 53.0 Å². The fourth-order valence-corrected chi connectivity index (χ4v) is 3.22. The molecule has 3 rings (SSSR count). The second-order valence-corrected chi connectivity index (χ2v) is 6.16. The van der Waals surface area contributed by atoms with Crippen LogP contribution in [0.1, 0.15) is 24.5 Å². The van der Waals surface area contributed by atoms with Gasteiger partial charge in [-0.25, -0.2) is 4.39 Å². The van der Waals surface area contributed by atoms with Crippen LogP contribution >= 0.6 is 0 Å². The minimum atomic E-state index is -0.850. The van der Waals surface area contributed by atoms with E-state index in [1.807, 2.05) is 4.90 Å². The van der Waals surface area contributed by atoms with E-state index < -0.39 is 6.10 Å². The lowest BCUT2D eigenvalue weighted by Gasteiger charge is -2.36. The molecule has 0 saturated carbocycles. The number of carbonyl (C=O) groups is 1. The lowest BCUT2D eigenvalue weighted by atomic mass is 10.1. The summed E-state index contributed by atoms with van der Waals surface area (Å²) in [6.45, 7) is 3.67. The highest BCUT2D eigenvalue weighted by atomic mass is 19.1. The summed E-state index contributed by atoms with van der Waals surface area (Å²) >= 11 is 0. The van der Waals surface area contributed by atoms with Gasteiger partial charge < -0.3 is 14.7 Å². The van der Waals surface area contributed by atoms with E-state index in [1.54, 1.807) is 18.2 Å². The molecule has 126 valence electrons. The Morgan fingerprint density at radius 3 is 2.70 bits per heavy atom. The van der Waals surface area contributed by atoms with Gasteiger partial charge in [0.05, 0.1) is 6.10 Å². The number of carbonyl (C=O) groups excluding carboxylic acids is 1. The smallest absolute Gasteiger partial charge is 0.251 e. The molecule has 0 radical (unpaired) electrons. The van der Waals surface area contributed by atoms with E-state index in [-0.39, 0.29) is 17.8 Å². The molecular weight excluding hydrogens is 299 g/mol. The van der Waals surface area contributed by atoms with Gasteiger partial charge in [0.15, 0.2) is 0 Å². The fraction of sp³-hybridized carbons (Fsp3) is 0.588. The van der Waals surface area contributed by atoms with Gasteiger partial charge in [-0.3, -0.25) is 9.69 Å². The first kappa shape index (κ1) is 16.4. The van der Waals surface area contributed by atoms with Crippen molar-refractivity contribution in [2.45, 2.75) is 25.0 Å². The number of hydrogen-bond donors (Lipinski definition) is 1. The standard InChI is InChI=1S/C17H23FN2O3/c18-14-5-2-1-4-13(14)15(21)12-19-7-9-20(10-8-19)17(22)16-6-3-11-23-16/h1-2,4-5,15-16,21H,3,6-12H2/t15-,16-/m1/s1. The average molecular weight is 322 g/mol. The first-order chi connectivity index (χ1) is 11.1. The van der Waals surface area contributed by atoms with Crippen molar-refractivity contribution in [3.8, 4) is 0 Å². The van der Waals surface area contributed by atoms with Gasteiger partial charge in [0.1, 0.15) is 11.9 Å². The molecule has 0 aliphatic carbocycles. The number of halogens is 1. The predicted molar refractivity (Wildman–Crippen MR) is 83.4 cm³/mol. The van der Waals surface area contributed by atoms with Crippen molar-refractivity contribution in [3.05, 3.63) is 35.6 Å². The number of nitrogens with zero attached hydrogens (tertiary/aromatic N) is 2. The summed E-state index contributed by atoms with van der Waals surface area (Å²) in [5.74, 6) is -0.302. The van der Waals surface area contributed by atoms with Crippen molar-refractivity contribution < 1.29 is 19.0 Å². The van der Waals surface area contributed by atoms with Gasteiger partial charge in [-0.1, -0.05) is 18.2 Å². The van der Waals surface area contributed by atoms with E-state index in [0.717, 1.165) is 12.8 Å². The van der Waals surface area contributed by atoms with Crippen LogP contribution in [0, 0.1) is 5.82 Å². The normalized spacial score (nSPS) is 23.9. The number of amides is 1. The van der Waals surface area contributed by atoms with Gasteiger partial charge in [0.2, 0.25) is 0 Å². The quantitative estimate of drug-likeness (QED) is 0.904. The molecule has 6 heteroatoms. The summed E-state index contributed by atoms with van der Waals surface area (Å²) in [5.41, 5.74) is 0.324. The molecular formula is C17H23FN2O3. The molecule has 1 N–H and O–H groups in total. The molecule has 0 aromatic heterocycles. The van der Waals surface area contributed by atoms with Crippen LogP contribution in [0.3, 0.4) is 0 Å². The van der Waals surface area contributed by atoms with E-state index in [4.69, 9.17) is 4.74 Å². The number of aliphatic hydroxyl groups excluding tert-OH is 1. The highest BCUT2D eigenvalue weighted by Gasteiger charge is 2.30. The van der Waals surface area contributed by atoms with Crippen molar-refractivity contribution in [2.24, 2.45) is 0 Å². The van der Waals surface area contributed by atoms with Crippen LogP contribution in [0.5, 0.6) is 0 Å². The molecule has 1 aromatic rings. The molecule has 5 nitrogen and oxygen atoms in total. The number of piperazine rings is 1. The minimum Gasteiger partial charge on any atom is -0.387 e. The number of aliphatic hydroxyl groups is 1. The van der Waals surface area contributed by atoms with Gasteiger partial charge in [-0.05, 0) is 18.9 Å². The zero-order valence-corrected chi connectivity index (χ0v) is 13.2. The van der Waals surface area contributed by atoms with E-state index >= 15 is 0 Å². The van der Waals surface area contributed by atoms with Crippen LogP contribution in [0.4, 0.5) is 4.39 Å². The Morgan fingerprint density at radius 1 is 1.30 bits per heavy atom. The van der Waals surface area contributed by atoms with Crippen molar-refractivity contribution >= 4 is 5.91 Å². The van der Waals surface area contributed by atoms with Gasteiger partial charge in [0, 0.05) is 44.9 Å². The molecule has 2 heterocycles. The van der Waals surface area contributed by atoms with Crippen LogP contribution in [-0.4, -0.2) is 66.2 Å². The zero-order chi connectivity index (χ0) is 16.2. The third-order valence-electron chi connectivity index (χ3n) is 4.58. The maximum absolute atomic E-state index is 13.7. The Labute approximate surface area is 135 Å². The van der Waals surface area contributed by atoms with Gasteiger partial charge in [-0.2, -0.15) is 0 Å². The van der Waals surface area contributed by atoms with Gasteiger partial charge >= 0.3 is 0 Å². The summed E-state index contributed by atoms with van der Waals surface area (Å²) < 4.78 is 19.1. The van der Waals surface area contributed by atoms with Crippen LogP contribution in [0.15, 0.2) is 24.3 Å². The van der Waals surface area contributed by atoms with Crippen molar-refractivity contribution in [1.82, 2.24) is 9.80 Å². The van der Waals surface area contributed by atoms with Crippen LogP contribution in [0.25, 0.3) is 0 Å². The summed E-state index contributed by atoms with van der Waals surface area (Å²) in [5, 5.41) is 10.2. The summed E-state index contributed by atoms with van der Waals surface area (Å²) in [7, 11) is 0. The van der Waals surface area contributed by atoms with Gasteiger partial charge in [0.25, 0.3) is 5.91 Å². The summed E-state index contributed by atoms with van der Waals surface area (Å²) in [6.07, 6.45) is 0.637. The second-order valence-electron chi connectivity index (χ2n) is 6.16. The molecule has 2 saturated heterocycles. The molecule has 23 heavy (non-hydrogen) atoms. The van der Waals surface area contributed by atoms with Gasteiger partial charge in [-0.15, -0.1) is 0 Å².